The molecule has 1 atom stereocenters. The van der Waals surface area contributed by atoms with Gasteiger partial charge in [-0.2, -0.15) is 0 Å². The molecule has 0 bridgehead atoms. The number of nitrogens with one attached hydrogen (secondary N) is 1. The second kappa shape index (κ2) is 4.27. The normalized spacial score (nSPS) is 23.9. The van der Waals surface area contributed by atoms with E-state index in [1.165, 1.54) is 24.0 Å². The van der Waals surface area contributed by atoms with Crippen LogP contribution in [0, 0.1) is 0 Å². The van der Waals surface area contributed by atoms with Gasteiger partial charge in [0, 0.05) is 6.04 Å². The molecule has 1 aromatic rings. The Morgan fingerprint density at radius 2 is 2.25 bits per heavy atom. The monoisotopic (exact) mass is 237 g/mol. The second-order valence-electron chi connectivity index (χ2n) is 4.59. The van der Waals surface area contributed by atoms with Crippen LogP contribution >= 0.6 is 11.6 Å². The van der Waals surface area contributed by atoms with Gasteiger partial charge in [-0.1, -0.05) is 17.7 Å². The largest absolute Gasteiger partial charge is 0.492 e. The molecule has 0 spiro atoms. The van der Waals surface area contributed by atoms with E-state index in [0.717, 1.165) is 36.8 Å². The van der Waals surface area contributed by atoms with Gasteiger partial charge in [0.15, 0.2) is 0 Å². The number of hydrogen-bond acceptors (Lipinski definition) is 2. The molecule has 1 saturated heterocycles. The lowest BCUT2D eigenvalue weighted by molar-refractivity contribution is 0.288. The van der Waals surface area contributed by atoms with Crippen molar-refractivity contribution in [3.8, 4) is 5.75 Å². The van der Waals surface area contributed by atoms with Gasteiger partial charge >= 0.3 is 0 Å². The third-order valence-corrected chi connectivity index (χ3v) is 3.72. The zero-order chi connectivity index (χ0) is 11.0. The molecule has 3 heteroatoms. The average molecular weight is 238 g/mol. The van der Waals surface area contributed by atoms with Gasteiger partial charge in [0.05, 0.1) is 11.6 Å². The average Bonchev–Trinajstić information content (AvgIpc) is 2.82. The van der Waals surface area contributed by atoms with E-state index in [1.54, 1.807) is 0 Å². The highest BCUT2D eigenvalue weighted by Gasteiger charge is 2.21. The number of halogens is 1. The SMILES string of the molecule is Clc1cc([C@H]2CCCN2)cc2c1OCCC2. The standard InChI is InChI=1S/C13H16ClNO/c14-11-8-10(12-4-1-5-15-12)7-9-3-2-6-16-13(9)11/h7-8,12,15H,1-6H2/t12-/m1/s1. The Labute approximate surface area is 101 Å². The number of hydrogen-bond donors (Lipinski definition) is 1. The molecule has 1 N–H and O–H groups in total. The molecule has 16 heavy (non-hydrogen) atoms. The molecule has 2 heterocycles. The van der Waals surface area contributed by atoms with Crippen LogP contribution in [0.15, 0.2) is 12.1 Å². The van der Waals surface area contributed by atoms with Crippen LogP contribution in [0.1, 0.15) is 36.4 Å². The number of rotatable bonds is 1. The van der Waals surface area contributed by atoms with Crippen LogP contribution in [0.3, 0.4) is 0 Å². The van der Waals surface area contributed by atoms with Gasteiger partial charge < -0.3 is 10.1 Å². The van der Waals surface area contributed by atoms with Crippen molar-refractivity contribution in [3.63, 3.8) is 0 Å². The maximum Gasteiger partial charge on any atom is 0.141 e. The molecule has 0 unspecified atom stereocenters. The number of aryl methyl sites for hydroxylation is 1. The highest BCUT2D eigenvalue weighted by molar-refractivity contribution is 6.32. The van der Waals surface area contributed by atoms with E-state index in [2.05, 4.69) is 17.4 Å². The van der Waals surface area contributed by atoms with Crippen molar-refractivity contribution in [1.82, 2.24) is 5.32 Å². The molecule has 0 aromatic heterocycles. The first-order chi connectivity index (χ1) is 7.84. The van der Waals surface area contributed by atoms with Crippen molar-refractivity contribution in [2.75, 3.05) is 13.2 Å². The molecule has 86 valence electrons. The Bertz CT molecular complexity index is 399. The van der Waals surface area contributed by atoms with Crippen molar-refractivity contribution < 1.29 is 4.74 Å². The van der Waals surface area contributed by atoms with Crippen LogP contribution in [-0.2, 0) is 6.42 Å². The highest BCUT2D eigenvalue weighted by atomic mass is 35.5. The lowest BCUT2D eigenvalue weighted by Gasteiger charge is -2.21. The molecular weight excluding hydrogens is 222 g/mol. The fourth-order valence-corrected chi connectivity index (χ4v) is 2.93. The Hall–Kier alpha value is -0.730. The summed E-state index contributed by atoms with van der Waals surface area (Å²) in [6, 6.07) is 4.82. The second-order valence-corrected chi connectivity index (χ2v) is 5.00. The fraction of sp³-hybridized carbons (Fsp3) is 0.538. The lowest BCUT2D eigenvalue weighted by atomic mass is 9.98. The fourth-order valence-electron chi connectivity index (χ4n) is 2.63. The molecule has 3 rings (SSSR count). The summed E-state index contributed by atoms with van der Waals surface area (Å²) >= 11 is 6.27. The van der Waals surface area contributed by atoms with Crippen LogP contribution in [0.5, 0.6) is 5.75 Å². The summed E-state index contributed by atoms with van der Waals surface area (Å²) in [5, 5.41) is 4.29. The van der Waals surface area contributed by atoms with E-state index in [9.17, 15) is 0 Å². The summed E-state index contributed by atoms with van der Waals surface area (Å²) < 4.78 is 5.62. The quantitative estimate of drug-likeness (QED) is 0.811. The molecule has 2 aliphatic heterocycles. The first-order valence-electron chi connectivity index (χ1n) is 6.03. The molecule has 2 nitrogen and oxygen atoms in total. The van der Waals surface area contributed by atoms with E-state index in [1.807, 2.05) is 0 Å². The van der Waals surface area contributed by atoms with E-state index < -0.39 is 0 Å². The minimum atomic E-state index is 0.490. The maximum atomic E-state index is 6.27. The molecule has 1 fully saturated rings. The summed E-state index contributed by atoms with van der Waals surface area (Å²) in [7, 11) is 0. The molecule has 1 aromatic carbocycles. The topological polar surface area (TPSA) is 21.3 Å². The van der Waals surface area contributed by atoms with Gasteiger partial charge in [-0.15, -0.1) is 0 Å². The molecule has 0 saturated carbocycles. The van der Waals surface area contributed by atoms with Crippen LogP contribution in [0.4, 0.5) is 0 Å². The van der Waals surface area contributed by atoms with Crippen molar-refractivity contribution in [2.24, 2.45) is 0 Å². The van der Waals surface area contributed by atoms with Crippen LogP contribution < -0.4 is 10.1 Å². The Balaban J connectivity index is 1.97. The van der Waals surface area contributed by atoms with Gasteiger partial charge in [0.1, 0.15) is 5.75 Å². The highest BCUT2D eigenvalue weighted by Crippen LogP contribution is 2.36. The Kier molecular flexibility index (Phi) is 2.78. The van der Waals surface area contributed by atoms with Crippen molar-refractivity contribution in [3.05, 3.63) is 28.3 Å². The van der Waals surface area contributed by atoms with Gasteiger partial charge in [0.2, 0.25) is 0 Å². The van der Waals surface area contributed by atoms with Crippen LogP contribution in [-0.4, -0.2) is 13.2 Å². The number of ether oxygens (including phenoxy) is 1. The third kappa shape index (κ3) is 1.80. The predicted molar refractivity (Wildman–Crippen MR) is 65.2 cm³/mol. The van der Waals surface area contributed by atoms with Crippen molar-refractivity contribution >= 4 is 11.6 Å². The summed E-state index contributed by atoms with van der Waals surface area (Å²) in [5.41, 5.74) is 2.61. The van der Waals surface area contributed by atoms with E-state index >= 15 is 0 Å². The Morgan fingerprint density at radius 3 is 3.06 bits per heavy atom. The van der Waals surface area contributed by atoms with Crippen LogP contribution in [0.2, 0.25) is 5.02 Å². The third-order valence-electron chi connectivity index (χ3n) is 3.44. The minimum absolute atomic E-state index is 0.490. The van der Waals surface area contributed by atoms with E-state index in [-0.39, 0.29) is 0 Å². The molecule has 0 aliphatic carbocycles. The van der Waals surface area contributed by atoms with E-state index in [0.29, 0.717) is 6.04 Å². The van der Waals surface area contributed by atoms with Gasteiger partial charge in [0.25, 0.3) is 0 Å². The van der Waals surface area contributed by atoms with E-state index in [4.69, 9.17) is 16.3 Å². The molecule has 0 radical (unpaired) electrons. The summed E-state index contributed by atoms with van der Waals surface area (Å²) in [4.78, 5) is 0. The van der Waals surface area contributed by atoms with Crippen molar-refractivity contribution in [1.29, 1.82) is 0 Å². The molecule has 2 aliphatic rings. The maximum absolute atomic E-state index is 6.27. The van der Waals surface area contributed by atoms with Gasteiger partial charge in [-0.25, -0.2) is 0 Å². The number of benzene rings is 1. The first kappa shape index (κ1) is 10.4. The van der Waals surface area contributed by atoms with Gasteiger partial charge in [-0.3, -0.25) is 0 Å². The summed E-state index contributed by atoms with van der Waals surface area (Å²) in [6.07, 6.45) is 4.67. The molecule has 0 amide bonds. The number of fused-ring (bicyclic) bond motifs is 1. The summed E-state index contributed by atoms with van der Waals surface area (Å²) in [5.74, 6) is 0.912. The minimum Gasteiger partial charge on any atom is -0.492 e. The van der Waals surface area contributed by atoms with Gasteiger partial charge in [-0.05, 0) is 49.4 Å². The molecular formula is C13H16ClNO. The Morgan fingerprint density at radius 1 is 1.31 bits per heavy atom. The smallest absolute Gasteiger partial charge is 0.141 e. The lowest BCUT2D eigenvalue weighted by Crippen LogP contribution is -2.15. The van der Waals surface area contributed by atoms with Crippen LogP contribution in [0.25, 0.3) is 0 Å². The first-order valence-corrected chi connectivity index (χ1v) is 6.41. The zero-order valence-electron chi connectivity index (χ0n) is 9.26. The predicted octanol–water partition coefficient (Wildman–Crippen LogP) is 3.09. The zero-order valence-corrected chi connectivity index (χ0v) is 10.0. The summed E-state index contributed by atoms with van der Waals surface area (Å²) in [6.45, 7) is 1.92. The van der Waals surface area contributed by atoms with Crippen molar-refractivity contribution in [2.45, 2.75) is 31.7 Å².